The number of carbonyl (C=O) groups is 1. The SMILES string of the molecule is CCOC(=O)CCNc1ccccc1SC. The second kappa shape index (κ2) is 7.17. The van der Waals surface area contributed by atoms with Crippen LogP contribution in [0.4, 0.5) is 5.69 Å². The molecule has 4 heteroatoms. The van der Waals surface area contributed by atoms with Crippen LogP contribution in [0.1, 0.15) is 13.3 Å². The quantitative estimate of drug-likeness (QED) is 0.612. The van der Waals surface area contributed by atoms with E-state index in [0.29, 0.717) is 19.6 Å². The Labute approximate surface area is 101 Å². The number of esters is 1. The van der Waals surface area contributed by atoms with E-state index >= 15 is 0 Å². The Bertz CT molecular complexity index is 342. The lowest BCUT2D eigenvalue weighted by Gasteiger charge is -2.09. The minimum Gasteiger partial charge on any atom is -0.466 e. The van der Waals surface area contributed by atoms with Gasteiger partial charge in [-0.2, -0.15) is 0 Å². The molecule has 0 saturated heterocycles. The highest BCUT2D eigenvalue weighted by Crippen LogP contribution is 2.24. The summed E-state index contributed by atoms with van der Waals surface area (Å²) in [7, 11) is 0. The molecule has 0 fully saturated rings. The van der Waals surface area contributed by atoms with E-state index in [1.54, 1.807) is 11.8 Å². The van der Waals surface area contributed by atoms with E-state index in [9.17, 15) is 4.79 Å². The Balaban J connectivity index is 2.39. The molecule has 0 aliphatic heterocycles. The summed E-state index contributed by atoms with van der Waals surface area (Å²) in [4.78, 5) is 12.3. The fourth-order valence-corrected chi connectivity index (χ4v) is 1.90. The molecule has 1 aromatic carbocycles. The molecule has 16 heavy (non-hydrogen) atoms. The highest BCUT2D eigenvalue weighted by molar-refractivity contribution is 7.98. The first-order valence-corrected chi connectivity index (χ1v) is 6.53. The predicted octanol–water partition coefficient (Wildman–Crippen LogP) is 2.77. The number of carbonyl (C=O) groups excluding carboxylic acids is 1. The molecule has 0 heterocycles. The highest BCUT2D eigenvalue weighted by atomic mass is 32.2. The molecule has 0 amide bonds. The number of anilines is 1. The summed E-state index contributed by atoms with van der Waals surface area (Å²) in [6.45, 7) is 2.87. The summed E-state index contributed by atoms with van der Waals surface area (Å²) < 4.78 is 4.85. The van der Waals surface area contributed by atoms with Crippen molar-refractivity contribution in [3.63, 3.8) is 0 Å². The number of rotatable bonds is 6. The number of ether oxygens (including phenoxy) is 1. The zero-order valence-corrected chi connectivity index (χ0v) is 10.5. The van der Waals surface area contributed by atoms with Gasteiger partial charge in [0.05, 0.1) is 13.0 Å². The molecule has 0 saturated carbocycles. The van der Waals surface area contributed by atoms with Gasteiger partial charge in [0.25, 0.3) is 0 Å². The van der Waals surface area contributed by atoms with Crippen LogP contribution >= 0.6 is 11.8 Å². The van der Waals surface area contributed by atoms with Crippen LogP contribution in [0.3, 0.4) is 0 Å². The van der Waals surface area contributed by atoms with Gasteiger partial charge in [0.1, 0.15) is 0 Å². The number of para-hydroxylation sites is 1. The molecule has 0 aromatic heterocycles. The van der Waals surface area contributed by atoms with Crippen molar-refractivity contribution < 1.29 is 9.53 Å². The van der Waals surface area contributed by atoms with Crippen LogP contribution in [-0.4, -0.2) is 25.4 Å². The Morgan fingerprint density at radius 3 is 2.88 bits per heavy atom. The molecule has 3 nitrogen and oxygen atoms in total. The van der Waals surface area contributed by atoms with Crippen LogP contribution in [-0.2, 0) is 9.53 Å². The van der Waals surface area contributed by atoms with Crippen molar-refractivity contribution in [3.05, 3.63) is 24.3 Å². The first-order valence-electron chi connectivity index (χ1n) is 5.30. The molecule has 88 valence electrons. The summed E-state index contributed by atoms with van der Waals surface area (Å²) >= 11 is 1.69. The van der Waals surface area contributed by atoms with E-state index < -0.39 is 0 Å². The van der Waals surface area contributed by atoms with Crippen LogP contribution in [0, 0.1) is 0 Å². The predicted molar refractivity (Wildman–Crippen MR) is 68.0 cm³/mol. The molecule has 0 bridgehead atoms. The second-order valence-corrected chi connectivity index (χ2v) is 4.03. The number of hydrogen-bond acceptors (Lipinski definition) is 4. The second-order valence-electron chi connectivity index (χ2n) is 3.18. The topological polar surface area (TPSA) is 38.3 Å². The van der Waals surface area contributed by atoms with E-state index in [4.69, 9.17) is 4.74 Å². The maximum absolute atomic E-state index is 11.1. The third kappa shape index (κ3) is 4.14. The number of nitrogens with one attached hydrogen (secondary N) is 1. The van der Waals surface area contributed by atoms with Gasteiger partial charge in [-0.3, -0.25) is 4.79 Å². The zero-order chi connectivity index (χ0) is 11.8. The van der Waals surface area contributed by atoms with Crippen molar-refractivity contribution in [2.45, 2.75) is 18.2 Å². The van der Waals surface area contributed by atoms with Gasteiger partial charge in [-0.15, -0.1) is 11.8 Å². The minimum atomic E-state index is -0.156. The molecule has 1 N–H and O–H groups in total. The summed E-state index contributed by atoms with van der Waals surface area (Å²) in [6.07, 6.45) is 2.43. The van der Waals surface area contributed by atoms with Gasteiger partial charge in [-0.25, -0.2) is 0 Å². The van der Waals surface area contributed by atoms with Gasteiger partial charge in [0, 0.05) is 17.1 Å². The molecule has 0 spiro atoms. The van der Waals surface area contributed by atoms with Crippen molar-refractivity contribution >= 4 is 23.4 Å². The summed E-state index contributed by atoms with van der Waals surface area (Å²) in [5.74, 6) is -0.156. The molecular weight excluding hydrogens is 222 g/mol. The summed E-state index contributed by atoms with van der Waals surface area (Å²) in [5, 5.41) is 3.23. The van der Waals surface area contributed by atoms with E-state index in [1.165, 1.54) is 4.90 Å². The van der Waals surface area contributed by atoms with Crippen LogP contribution < -0.4 is 5.32 Å². The van der Waals surface area contributed by atoms with Crippen LogP contribution in [0.2, 0.25) is 0 Å². The van der Waals surface area contributed by atoms with Gasteiger partial charge in [-0.05, 0) is 25.3 Å². The monoisotopic (exact) mass is 239 g/mol. The van der Waals surface area contributed by atoms with Gasteiger partial charge in [-0.1, -0.05) is 12.1 Å². The van der Waals surface area contributed by atoms with E-state index in [0.717, 1.165) is 5.69 Å². The van der Waals surface area contributed by atoms with E-state index in [2.05, 4.69) is 11.4 Å². The average molecular weight is 239 g/mol. The van der Waals surface area contributed by atoms with Crippen molar-refractivity contribution in [2.24, 2.45) is 0 Å². The first kappa shape index (κ1) is 12.9. The average Bonchev–Trinajstić information content (AvgIpc) is 2.30. The van der Waals surface area contributed by atoms with Crippen molar-refractivity contribution in [1.29, 1.82) is 0 Å². The summed E-state index contributed by atoms with van der Waals surface area (Å²) in [6, 6.07) is 8.04. The molecule has 1 aromatic rings. The third-order valence-corrected chi connectivity index (χ3v) is 2.85. The van der Waals surface area contributed by atoms with Gasteiger partial charge >= 0.3 is 5.97 Å². The van der Waals surface area contributed by atoms with E-state index in [-0.39, 0.29) is 5.97 Å². The van der Waals surface area contributed by atoms with Crippen LogP contribution in [0.15, 0.2) is 29.2 Å². The normalized spacial score (nSPS) is 9.88. The fraction of sp³-hybridized carbons (Fsp3) is 0.417. The Hall–Kier alpha value is -1.16. The van der Waals surface area contributed by atoms with Gasteiger partial charge in [0.2, 0.25) is 0 Å². The molecule has 1 rings (SSSR count). The molecule has 0 atom stereocenters. The molecular formula is C12H17NO2S. The molecule has 0 unspecified atom stereocenters. The minimum absolute atomic E-state index is 0.156. The van der Waals surface area contributed by atoms with Crippen molar-refractivity contribution in [1.82, 2.24) is 0 Å². The highest BCUT2D eigenvalue weighted by Gasteiger charge is 2.02. The Kier molecular flexibility index (Phi) is 5.78. The lowest BCUT2D eigenvalue weighted by atomic mass is 10.3. The maximum Gasteiger partial charge on any atom is 0.307 e. The zero-order valence-electron chi connectivity index (χ0n) is 9.66. The smallest absolute Gasteiger partial charge is 0.307 e. The van der Waals surface area contributed by atoms with Crippen LogP contribution in [0.25, 0.3) is 0 Å². The number of thioether (sulfide) groups is 1. The van der Waals surface area contributed by atoms with E-state index in [1.807, 2.05) is 31.4 Å². The standard InChI is InChI=1S/C12H17NO2S/c1-3-15-12(14)8-9-13-10-6-4-5-7-11(10)16-2/h4-7,13H,3,8-9H2,1-2H3. The molecule has 0 aliphatic rings. The Morgan fingerprint density at radius 2 is 2.19 bits per heavy atom. The lowest BCUT2D eigenvalue weighted by Crippen LogP contribution is -2.11. The first-order chi connectivity index (χ1) is 7.77. The summed E-state index contributed by atoms with van der Waals surface area (Å²) in [5.41, 5.74) is 1.07. The molecule has 0 radical (unpaired) electrons. The van der Waals surface area contributed by atoms with Crippen molar-refractivity contribution in [3.8, 4) is 0 Å². The third-order valence-electron chi connectivity index (χ3n) is 2.06. The molecule has 0 aliphatic carbocycles. The number of benzene rings is 1. The van der Waals surface area contributed by atoms with Crippen LogP contribution in [0.5, 0.6) is 0 Å². The maximum atomic E-state index is 11.1. The fourth-order valence-electron chi connectivity index (χ4n) is 1.32. The Morgan fingerprint density at radius 1 is 1.44 bits per heavy atom. The number of hydrogen-bond donors (Lipinski definition) is 1. The largest absolute Gasteiger partial charge is 0.466 e. The van der Waals surface area contributed by atoms with Gasteiger partial charge in [0.15, 0.2) is 0 Å². The van der Waals surface area contributed by atoms with Gasteiger partial charge < -0.3 is 10.1 Å². The lowest BCUT2D eigenvalue weighted by molar-refractivity contribution is -0.142. The van der Waals surface area contributed by atoms with Crippen molar-refractivity contribution in [2.75, 3.05) is 24.7 Å².